The molecular weight excluding hydrogens is 724 g/mol. The lowest BCUT2D eigenvalue weighted by Gasteiger charge is -2.35. The third kappa shape index (κ3) is 8.01. The molecule has 2 saturated carbocycles. The van der Waals surface area contributed by atoms with Crippen molar-refractivity contribution in [1.82, 2.24) is 30.1 Å². The molecule has 0 spiro atoms. The van der Waals surface area contributed by atoms with E-state index in [1.807, 2.05) is 45.1 Å². The molecule has 6 rings (SSSR count). The predicted molar refractivity (Wildman–Crippen MR) is 197 cm³/mol. The van der Waals surface area contributed by atoms with Crippen LogP contribution in [0.15, 0.2) is 30.4 Å². The summed E-state index contributed by atoms with van der Waals surface area (Å²) in [5, 5.41) is 6.28. The van der Waals surface area contributed by atoms with Gasteiger partial charge in [0.2, 0.25) is 21.8 Å². The van der Waals surface area contributed by atoms with Gasteiger partial charge in [-0.05, 0) is 83.4 Å². The van der Waals surface area contributed by atoms with E-state index in [0.717, 1.165) is 24.0 Å². The fourth-order valence-corrected chi connectivity index (χ4v) is 8.79. The molecule has 0 radical (unpaired) electrons. The number of hydrogen-bond donors (Lipinski definition) is 3. The van der Waals surface area contributed by atoms with E-state index < -0.39 is 79.8 Å². The Hall–Kier alpha value is -3.85. The molecule has 5 aliphatic rings. The van der Waals surface area contributed by atoms with Gasteiger partial charge in [-0.15, -0.1) is 0 Å². The van der Waals surface area contributed by atoms with Crippen molar-refractivity contribution in [3.05, 3.63) is 46.5 Å². The first-order valence-corrected chi connectivity index (χ1v) is 20.3. The molecule has 1 aromatic rings. The minimum atomic E-state index is -4.00. The summed E-state index contributed by atoms with van der Waals surface area (Å²) in [5.41, 5.74) is -0.350. The van der Waals surface area contributed by atoms with Crippen LogP contribution in [0.2, 0.25) is 5.02 Å². The summed E-state index contributed by atoms with van der Waals surface area (Å²) in [6, 6.07) is 2.84. The van der Waals surface area contributed by atoms with Gasteiger partial charge in [-0.2, -0.15) is 0 Å². The molecule has 2 aliphatic carbocycles. The van der Waals surface area contributed by atoms with Crippen molar-refractivity contribution in [2.75, 3.05) is 13.6 Å². The molecule has 53 heavy (non-hydrogen) atoms. The third-order valence-electron chi connectivity index (χ3n) is 11.5. The van der Waals surface area contributed by atoms with Gasteiger partial charge < -0.3 is 25.2 Å². The van der Waals surface area contributed by atoms with Crippen molar-refractivity contribution < 1.29 is 37.1 Å². The molecule has 0 aromatic heterocycles. The lowest BCUT2D eigenvalue weighted by atomic mass is 10.0. The number of nitrogens with zero attached hydrogens (tertiary/aromatic N) is 3. The molecule has 1 saturated heterocycles. The minimum absolute atomic E-state index is 0.0675. The average Bonchev–Trinajstić information content (AvgIpc) is 3.88. The largest absolute Gasteiger partial charge is 0.444 e. The van der Waals surface area contributed by atoms with Crippen molar-refractivity contribution in [3.63, 3.8) is 0 Å². The van der Waals surface area contributed by atoms with Crippen LogP contribution in [0.5, 0.6) is 0 Å². The number of fused-ring (bicyclic) bond motifs is 3. The van der Waals surface area contributed by atoms with Gasteiger partial charge in [0.25, 0.3) is 5.91 Å². The zero-order valence-corrected chi connectivity index (χ0v) is 32.6. The molecule has 5 atom stereocenters. The lowest BCUT2D eigenvalue weighted by Crippen LogP contribution is -2.59. The Morgan fingerprint density at radius 3 is 2.51 bits per heavy atom. The molecule has 3 aliphatic heterocycles. The van der Waals surface area contributed by atoms with Gasteiger partial charge in [0.15, 0.2) is 0 Å². The number of carbonyl (C=O) groups is 5. The van der Waals surface area contributed by atoms with Crippen LogP contribution in [0, 0.1) is 5.92 Å². The Bertz CT molecular complexity index is 1810. The molecule has 290 valence electrons. The average molecular weight is 775 g/mol. The predicted octanol–water partition coefficient (Wildman–Crippen LogP) is 3.96. The molecular formula is C37H51ClN6O8S. The highest BCUT2D eigenvalue weighted by Gasteiger charge is 2.63. The molecule has 3 heterocycles. The van der Waals surface area contributed by atoms with Crippen molar-refractivity contribution in [1.29, 1.82) is 0 Å². The minimum Gasteiger partial charge on any atom is -0.444 e. The second kappa shape index (κ2) is 14.4. The number of urea groups is 1. The number of carbonyl (C=O) groups excluding carboxylic acids is 5. The lowest BCUT2D eigenvalue weighted by molar-refractivity contribution is -0.141. The number of hydrogen-bond acceptors (Lipinski definition) is 8. The van der Waals surface area contributed by atoms with E-state index in [9.17, 15) is 32.4 Å². The van der Waals surface area contributed by atoms with Crippen LogP contribution in [0.3, 0.4) is 0 Å². The van der Waals surface area contributed by atoms with Gasteiger partial charge in [-0.3, -0.25) is 24.0 Å². The van der Waals surface area contributed by atoms with E-state index in [-0.39, 0.29) is 32.5 Å². The quantitative estimate of drug-likeness (QED) is 0.377. The molecule has 0 unspecified atom stereocenters. The van der Waals surface area contributed by atoms with E-state index in [1.165, 1.54) is 14.7 Å². The maximum absolute atomic E-state index is 14.5. The summed E-state index contributed by atoms with van der Waals surface area (Å²) in [5.74, 6) is -2.46. The van der Waals surface area contributed by atoms with E-state index in [4.69, 9.17) is 16.3 Å². The van der Waals surface area contributed by atoms with Crippen LogP contribution in [-0.2, 0) is 42.2 Å². The number of rotatable bonds is 5. The maximum Gasteiger partial charge on any atom is 0.410 e. The van der Waals surface area contributed by atoms with E-state index in [0.29, 0.717) is 37.1 Å². The highest BCUT2D eigenvalue weighted by Crippen LogP contribution is 2.47. The van der Waals surface area contributed by atoms with E-state index in [1.54, 1.807) is 20.0 Å². The Morgan fingerprint density at radius 1 is 1.09 bits per heavy atom. The second-order valence-corrected chi connectivity index (χ2v) is 19.0. The number of ether oxygens (including phenoxy) is 1. The maximum atomic E-state index is 14.5. The van der Waals surface area contributed by atoms with Gasteiger partial charge in [0, 0.05) is 36.5 Å². The Morgan fingerprint density at radius 2 is 1.83 bits per heavy atom. The van der Waals surface area contributed by atoms with Gasteiger partial charge in [-0.1, -0.05) is 48.7 Å². The molecule has 3 N–H and O–H groups in total. The number of benzene rings is 1. The number of nitrogens with one attached hydrogen (secondary N) is 3. The summed E-state index contributed by atoms with van der Waals surface area (Å²) in [6.07, 6.45) is 6.41. The SMILES string of the molecule is CN(C(=O)N[C@H]1CCCCC/C=C\[C@H]2C[C@@]2(C(=O)NS(=O)(=O)C2(C)CC2)NC(=O)[C@@H]2C[C@@H](OC(=O)N3Cc4cccc(Cl)c4C3)CN2C1=O)C(C)(C)C. The molecule has 14 nitrogen and oxygen atoms in total. The monoisotopic (exact) mass is 774 g/mol. The molecule has 0 bridgehead atoms. The number of amides is 6. The van der Waals surface area contributed by atoms with Crippen LogP contribution in [0.25, 0.3) is 0 Å². The first kappa shape index (κ1) is 38.9. The summed E-state index contributed by atoms with van der Waals surface area (Å²) >= 11 is 6.37. The highest BCUT2D eigenvalue weighted by atomic mass is 35.5. The van der Waals surface area contributed by atoms with E-state index in [2.05, 4.69) is 15.4 Å². The van der Waals surface area contributed by atoms with Crippen LogP contribution >= 0.6 is 11.6 Å². The van der Waals surface area contributed by atoms with Crippen molar-refractivity contribution in [2.24, 2.45) is 5.92 Å². The van der Waals surface area contributed by atoms with Gasteiger partial charge in [0.1, 0.15) is 23.7 Å². The van der Waals surface area contributed by atoms with Crippen LogP contribution in [-0.4, -0.2) is 101 Å². The molecule has 6 amide bonds. The first-order chi connectivity index (χ1) is 24.8. The van der Waals surface area contributed by atoms with Crippen LogP contribution in [0.1, 0.15) is 96.6 Å². The smallest absolute Gasteiger partial charge is 0.410 e. The molecule has 16 heteroatoms. The number of halogens is 1. The Balaban J connectivity index is 1.27. The van der Waals surface area contributed by atoms with Gasteiger partial charge in [0.05, 0.1) is 17.8 Å². The van der Waals surface area contributed by atoms with Gasteiger partial charge >= 0.3 is 12.1 Å². The van der Waals surface area contributed by atoms with Crippen molar-refractivity contribution in [3.8, 4) is 0 Å². The summed E-state index contributed by atoms with van der Waals surface area (Å²) < 4.78 is 33.3. The topological polar surface area (TPSA) is 175 Å². The highest BCUT2D eigenvalue weighted by molar-refractivity contribution is 7.91. The normalized spacial score (nSPS) is 28.9. The molecule has 1 aromatic carbocycles. The van der Waals surface area contributed by atoms with Crippen molar-refractivity contribution >= 4 is 51.5 Å². The molecule has 3 fully saturated rings. The standard InChI is InChI=1S/C37H51ClN6O8S/c1-35(2,3)42(5)33(48)39-28-15-10-8-6-7-9-13-24-19-37(24,32(47)41-53(50,51)36(4)16-17-36)40-30(45)29-18-25(21-44(29)31(28)46)52-34(49)43-20-23-12-11-14-27(38)26(23)22-43/h9,11-14,24-25,28-29H,6-8,10,15-22H2,1-5H3,(H,39,48)(H,40,45)(H,41,47)/b13-9-/t24-,25+,28-,29-,37+/m0/s1. The zero-order valence-electron chi connectivity index (χ0n) is 31.1. The third-order valence-corrected chi connectivity index (χ3v) is 14.0. The summed E-state index contributed by atoms with van der Waals surface area (Å²) in [6.45, 7) is 7.61. The second-order valence-electron chi connectivity index (χ2n) is 16.4. The first-order valence-electron chi connectivity index (χ1n) is 18.5. The van der Waals surface area contributed by atoms with Crippen LogP contribution in [0.4, 0.5) is 9.59 Å². The number of allylic oxidation sites excluding steroid dienone is 1. The Labute approximate surface area is 316 Å². The summed E-state index contributed by atoms with van der Waals surface area (Å²) in [7, 11) is -2.36. The zero-order chi connectivity index (χ0) is 38.5. The fraction of sp³-hybridized carbons (Fsp3) is 0.649. The fourth-order valence-electron chi connectivity index (χ4n) is 7.22. The summed E-state index contributed by atoms with van der Waals surface area (Å²) in [4.78, 5) is 73.8. The number of sulfonamides is 1. The van der Waals surface area contributed by atoms with E-state index >= 15 is 0 Å². The van der Waals surface area contributed by atoms with Crippen LogP contribution < -0.4 is 15.4 Å². The Kier molecular flexibility index (Phi) is 10.6. The van der Waals surface area contributed by atoms with Crippen molar-refractivity contribution in [2.45, 2.75) is 133 Å². The van der Waals surface area contributed by atoms with Gasteiger partial charge in [-0.25, -0.2) is 18.0 Å².